The number of hydrogen-bond acceptors (Lipinski definition) is 5. The lowest BCUT2D eigenvalue weighted by Gasteiger charge is -2.29. The number of aliphatic hydroxyl groups is 1. The van der Waals surface area contributed by atoms with E-state index >= 15 is 0 Å². The number of guanidine groups is 1. The highest BCUT2D eigenvalue weighted by molar-refractivity contribution is 6.16. The minimum atomic E-state index is -1.69. The highest BCUT2D eigenvalue weighted by atomic mass is 16.3. The van der Waals surface area contributed by atoms with E-state index in [1.54, 1.807) is 72.8 Å². The number of anilines is 2. The maximum absolute atomic E-state index is 13.3. The van der Waals surface area contributed by atoms with Gasteiger partial charge in [0, 0.05) is 24.3 Å². The van der Waals surface area contributed by atoms with Crippen LogP contribution in [-0.4, -0.2) is 42.1 Å². The van der Waals surface area contributed by atoms with E-state index in [2.05, 4.69) is 24.1 Å². The van der Waals surface area contributed by atoms with E-state index in [1.165, 1.54) is 0 Å². The molecule has 0 saturated heterocycles. The van der Waals surface area contributed by atoms with Gasteiger partial charge in [0.2, 0.25) is 0 Å². The number of carbonyl (C=O) groups is 2. The molecule has 0 aromatic heterocycles. The summed E-state index contributed by atoms with van der Waals surface area (Å²) in [5.41, 5.74) is 7.97. The molecule has 0 bridgehead atoms. The molecule has 0 aliphatic heterocycles. The Balaban J connectivity index is 1.89. The molecule has 8 nitrogen and oxygen atoms in total. The van der Waals surface area contributed by atoms with Crippen molar-refractivity contribution in [1.82, 2.24) is 5.32 Å². The van der Waals surface area contributed by atoms with Gasteiger partial charge in [0.25, 0.3) is 11.8 Å². The number of para-hydroxylation sites is 1. The smallest absolute Gasteiger partial charge is 0.265 e. The van der Waals surface area contributed by atoms with Crippen LogP contribution < -0.4 is 20.9 Å². The summed E-state index contributed by atoms with van der Waals surface area (Å²) in [5, 5.41) is 21.8. The Morgan fingerprint density at radius 2 is 1.43 bits per heavy atom. The van der Waals surface area contributed by atoms with Crippen molar-refractivity contribution in [2.24, 2.45) is 5.73 Å². The first kappa shape index (κ1) is 25.5. The summed E-state index contributed by atoms with van der Waals surface area (Å²) in [6.45, 7) is 5.82. The highest BCUT2D eigenvalue weighted by Crippen LogP contribution is 2.23. The predicted molar refractivity (Wildman–Crippen MR) is 139 cm³/mol. The van der Waals surface area contributed by atoms with Crippen LogP contribution in [0.2, 0.25) is 0 Å². The number of carbonyl (C=O) groups excluding carboxylic acids is 2. The largest absolute Gasteiger partial charge is 0.381 e. The number of nitrogens with zero attached hydrogens (tertiary/aromatic N) is 2. The van der Waals surface area contributed by atoms with Gasteiger partial charge in [-0.3, -0.25) is 15.0 Å². The van der Waals surface area contributed by atoms with Crippen LogP contribution >= 0.6 is 0 Å². The van der Waals surface area contributed by atoms with Crippen molar-refractivity contribution in [3.63, 3.8) is 0 Å². The highest BCUT2D eigenvalue weighted by Gasteiger charge is 2.34. The number of rotatable bonds is 9. The number of benzene rings is 3. The molecular weight excluding hydrogens is 442 g/mol. The first-order chi connectivity index (χ1) is 16.9. The van der Waals surface area contributed by atoms with Crippen molar-refractivity contribution >= 4 is 29.1 Å². The Morgan fingerprint density at radius 3 is 1.94 bits per heavy atom. The second-order valence-electron chi connectivity index (χ2n) is 7.92. The average Bonchev–Trinajstić information content (AvgIpc) is 2.89. The van der Waals surface area contributed by atoms with Gasteiger partial charge in [-0.15, -0.1) is 0 Å². The standard InChI is InChI=1S/C27H31N5O3/c1-3-31(4-2)21-17-15-20(16-18-21)25(34)30-23(19-11-7-5-8-12-19)24(33)26(35)32(27(28)29)22-13-9-6-10-14-22/h5-18,23-24,33H,3-4H2,1-2H3,(H3,28,29)(H,30,34). The molecule has 0 aliphatic carbocycles. The summed E-state index contributed by atoms with van der Waals surface area (Å²) in [6, 6.07) is 23.2. The van der Waals surface area contributed by atoms with Gasteiger partial charge < -0.3 is 21.1 Å². The molecule has 0 radical (unpaired) electrons. The average molecular weight is 474 g/mol. The van der Waals surface area contributed by atoms with Crippen molar-refractivity contribution in [2.45, 2.75) is 26.0 Å². The maximum Gasteiger partial charge on any atom is 0.265 e. The molecule has 3 rings (SSSR count). The van der Waals surface area contributed by atoms with Crippen molar-refractivity contribution < 1.29 is 14.7 Å². The summed E-state index contributed by atoms with van der Waals surface area (Å²) in [6.07, 6.45) is -1.69. The first-order valence-corrected chi connectivity index (χ1v) is 11.5. The lowest BCUT2D eigenvalue weighted by atomic mass is 9.99. The van der Waals surface area contributed by atoms with E-state index in [4.69, 9.17) is 11.1 Å². The fourth-order valence-electron chi connectivity index (χ4n) is 3.88. The van der Waals surface area contributed by atoms with E-state index in [9.17, 15) is 14.7 Å². The van der Waals surface area contributed by atoms with Crippen LogP contribution in [0.1, 0.15) is 35.8 Å². The summed E-state index contributed by atoms with van der Waals surface area (Å²) >= 11 is 0. The number of nitrogens with one attached hydrogen (secondary N) is 2. The molecule has 2 atom stereocenters. The third kappa shape index (κ3) is 6.04. The first-order valence-electron chi connectivity index (χ1n) is 11.5. The Hall–Kier alpha value is -4.17. The van der Waals surface area contributed by atoms with Gasteiger partial charge >= 0.3 is 0 Å². The number of hydrogen-bond donors (Lipinski definition) is 4. The molecule has 8 heteroatoms. The molecule has 2 unspecified atom stereocenters. The van der Waals surface area contributed by atoms with E-state index in [0.29, 0.717) is 16.8 Å². The fraction of sp³-hybridized carbons (Fsp3) is 0.222. The van der Waals surface area contributed by atoms with Crippen LogP contribution in [0.4, 0.5) is 11.4 Å². The molecule has 0 fully saturated rings. The third-order valence-electron chi connectivity index (χ3n) is 5.75. The van der Waals surface area contributed by atoms with Gasteiger partial charge in [0.1, 0.15) is 0 Å². The molecule has 35 heavy (non-hydrogen) atoms. The van der Waals surface area contributed by atoms with Gasteiger partial charge in [-0.1, -0.05) is 48.5 Å². The molecule has 5 N–H and O–H groups in total. The maximum atomic E-state index is 13.3. The monoisotopic (exact) mass is 473 g/mol. The lowest BCUT2D eigenvalue weighted by Crippen LogP contribution is -2.51. The molecule has 0 saturated carbocycles. The summed E-state index contributed by atoms with van der Waals surface area (Å²) in [7, 11) is 0. The van der Waals surface area contributed by atoms with Crippen molar-refractivity contribution in [3.05, 3.63) is 96.1 Å². The number of aliphatic hydroxyl groups excluding tert-OH is 1. The minimum absolute atomic E-state index is 0.342. The zero-order valence-corrected chi connectivity index (χ0v) is 19.9. The number of nitrogens with two attached hydrogens (primary N) is 1. The fourth-order valence-corrected chi connectivity index (χ4v) is 3.88. The molecule has 0 aliphatic rings. The quantitative estimate of drug-likeness (QED) is 0.281. The summed E-state index contributed by atoms with van der Waals surface area (Å²) < 4.78 is 0. The predicted octanol–water partition coefficient (Wildman–Crippen LogP) is 3.29. The SMILES string of the molecule is CCN(CC)c1ccc(C(=O)NC(c2ccccc2)C(O)C(=O)N(C(=N)N)c2ccccc2)cc1. The molecular formula is C27H31N5O3. The Kier molecular flexibility index (Phi) is 8.58. The lowest BCUT2D eigenvalue weighted by molar-refractivity contribution is -0.127. The molecule has 3 aromatic rings. The second kappa shape index (κ2) is 11.8. The second-order valence-corrected chi connectivity index (χ2v) is 7.92. The molecule has 0 spiro atoms. The van der Waals surface area contributed by atoms with Crippen LogP contribution in [0.3, 0.4) is 0 Å². The molecule has 3 aromatic carbocycles. The van der Waals surface area contributed by atoms with Gasteiger partial charge in [0.15, 0.2) is 12.1 Å². The van der Waals surface area contributed by atoms with Crippen molar-refractivity contribution in [2.75, 3.05) is 22.9 Å². The van der Waals surface area contributed by atoms with E-state index < -0.39 is 29.9 Å². The summed E-state index contributed by atoms with van der Waals surface area (Å²) in [4.78, 5) is 29.5. The minimum Gasteiger partial charge on any atom is -0.381 e. The van der Waals surface area contributed by atoms with Crippen LogP contribution in [-0.2, 0) is 4.79 Å². The third-order valence-corrected chi connectivity index (χ3v) is 5.75. The van der Waals surface area contributed by atoms with Crippen LogP contribution in [0.25, 0.3) is 0 Å². The van der Waals surface area contributed by atoms with Gasteiger partial charge in [-0.25, -0.2) is 4.90 Å². The van der Waals surface area contributed by atoms with E-state index in [-0.39, 0.29) is 0 Å². The zero-order chi connectivity index (χ0) is 25.4. The summed E-state index contributed by atoms with van der Waals surface area (Å²) in [5.74, 6) is -1.80. The van der Waals surface area contributed by atoms with E-state index in [0.717, 1.165) is 23.7 Å². The van der Waals surface area contributed by atoms with Crippen LogP contribution in [0.15, 0.2) is 84.9 Å². The normalized spacial score (nSPS) is 12.3. The molecule has 182 valence electrons. The Bertz CT molecular complexity index is 1130. The number of amides is 2. The van der Waals surface area contributed by atoms with Gasteiger partial charge in [-0.05, 0) is 55.8 Å². The van der Waals surface area contributed by atoms with E-state index in [1.807, 2.05) is 12.1 Å². The molecule has 0 heterocycles. The topological polar surface area (TPSA) is 123 Å². The van der Waals surface area contributed by atoms with Crippen molar-refractivity contribution in [1.29, 1.82) is 5.41 Å². The van der Waals surface area contributed by atoms with Crippen LogP contribution in [0, 0.1) is 5.41 Å². The Labute approximate surface area is 205 Å². The van der Waals surface area contributed by atoms with Crippen LogP contribution in [0.5, 0.6) is 0 Å². The Morgan fingerprint density at radius 1 is 0.886 bits per heavy atom. The molecule has 2 amide bonds. The zero-order valence-electron chi connectivity index (χ0n) is 19.9. The van der Waals surface area contributed by atoms with Gasteiger partial charge in [0.05, 0.1) is 11.7 Å². The van der Waals surface area contributed by atoms with Crippen molar-refractivity contribution in [3.8, 4) is 0 Å². The van der Waals surface area contributed by atoms with Gasteiger partial charge in [-0.2, -0.15) is 0 Å².